The number of primary amides is 1. The Morgan fingerprint density at radius 2 is 2.23 bits per heavy atom. The number of carbonyl (C=O) groups is 1. The summed E-state index contributed by atoms with van der Waals surface area (Å²) in [5.41, 5.74) is 13.2. The molecule has 1 unspecified atom stereocenters. The van der Waals surface area contributed by atoms with Crippen LogP contribution in [0.25, 0.3) is 10.4 Å². The third-order valence-corrected chi connectivity index (χ3v) is 2.29. The first-order chi connectivity index (χ1) is 5.85. The molecule has 1 atom stereocenters. The molecule has 0 saturated heterocycles. The Bertz CT molecular complexity index is 229. The van der Waals surface area contributed by atoms with Crippen LogP contribution in [-0.4, -0.2) is 16.0 Å². The van der Waals surface area contributed by atoms with E-state index in [9.17, 15) is 4.79 Å². The van der Waals surface area contributed by atoms with Crippen LogP contribution >= 0.6 is 11.8 Å². The average molecular weight is 202 g/mol. The minimum absolute atomic E-state index is 0.0473. The number of rotatable bonds is 4. The highest BCUT2D eigenvalue weighted by Crippen LogP contribution is 2.30. The van der Waals surface area contributed by atoms with Gasteiger partial charge in [-0.3, -0.25) is 4.79 Å². The zero-order valence-electron chi connectivity index (χ0n) is 8.02. The fraction of sp³-hybridized carbons (Fsp3) is 0.857. The van der Waals surface area contributed by atoms with Crippen molar-refractivity contribution in [1.82, 2.24) is 0 Å². The topological polar surface area (TPSA) is 91.9 Å². The number of amides is 1. The van der Waals surface area contributed by atoms with E-state index >= 15 is 0 Å². The maximum atomic E-state index is 10.6. The van der Waals surface area contributed by atoms with Crippen LogP contribution in [0.1, 0.15) is 27.2 Å². The summed E-state index contributed by atoms with van der Waals surface area (Å²) in [7, 11) is 0. The Morgan fingerprint density at radius 3 is 2.54 bits per heavy atom. The lowest BCUT2D eigenvalue weighted by Gasteiger charge is -2.21. The third-order valence-electron chi connectivity index (χ3n) is 1.05. The molecule has 0 radical (unpaired) electrons. The Morgan fingerprint density at radius 1 is 1.69 bits per heavy atom. The number of nitrogens with two attached hydrogens (primary N) is 1. The first kappa shape index (κ1) is 12.1. The van der Waals surface area contributed by atoms with Gasteiger partial charge in [0.25, 0.3) is 0 Å². The second kappa shape index (κ2) is 4.99. The molecule has 0 aliphatic heterocycles. The zero-order valence-corrected chi connectivity index (χ0v) is 8.84. The smallest absolute Gasteiger partial charge is 0.218 e. The third kappa shape index (κ3) is 7.49. The van der Waals surface area contributed by atoms with Crippen molar-refractivity contribution in [2.75, 3.05) is 0 Å². The maximum Gasteiger partial charge on any atom is 0.218 e. The summed E-state index contributed by atoms with van der Waals surface area (Å²) in [5.74, 6) is -0.450. The zero-order chi connectivity index (χ0) is 10.5. The fourth-order valence-corrected chi connectivity index (χ4v) is 1.90. The highest BCUT2D eigenvalue weighted by atomic mass is 32.2. The molecule has 5 nitrogen and oxygen atoms in total. The van der Waals surface area contributed by atoms with Gasteiger partial charge >= 0.3 is 0 Å². The van der Waals surface area contributed by atoms with Crippen LogP contribution in [0.5, 0.6) is 0 Å². The first-order valence-electron chi connectivity index (χ1n) is 3.85. The molecule has 0 bridgehead atoms. The van der Waals surface area contributed by atoms with E-state index in [0.29, 0.717) is 0 Å². The van der Waals surface area contributed by atoms with Crippen LogP contribution in [0.3, 0.4) is 0 Å². The van der Waals surface area contributed by atoms with Gasteiger partial charge in [0, 0.05) is 16.1 Å². The molecule has 0 aromatic carbocycles. The predicted molar refractivity (Wildman–Crippen MR) is 54.1 cm³/mol. The molecule has 0 rings (SSSR count). The lowest BCUT2D eigenvalue weighted by Crippen LogP contribution is -2.20. The van der Waals surface area contributed by atoms with E-state index in [2.05, 4.69) is 10.0 Å². The minimum atomic E-state index is -0.450. The summed E-state index contributed by atoms with van der Waals surface area (Å²) in [6, 6.07) is 0. The molecule has 0 aromatic rings. The maximum absolute atomic E-state index is 10.6. The van der Waals surface area contributed by atoms with Crippen LogP contribution in [0.2, 0.25) is 0 Å². The molecule has 0 aromatic heterocycles. The molecule has 6 heteroatoms. The van der Waals surface area contributed by atoms with Crippen molar-refractivity contribution in [2.24, 2.45) is 10.8 Å². The number of hydrogen-bond acceptors (Lipinski definition) is 3. The van der Waals surface area contributed by atoms with E-state index in [1.807, 2.05) is 20.8 Å². The van der Waals surface area contributed by atoms with Gasteiger partial charge in [0.2, 0.25) is 5.91 Å². The quantitative estimate of drug-likeness (QED) is 0.429. The molecule has 13 heavy (non-hydrogen) atoms. The highest BCUT2D eigenvalue weighted by molar-refractivity contribution is 8.01. The normalized spacial score (nSPS) is 13.2. The van der Waals surface area contributed by atoms with Crippen molar-refractivity contribution in [3.05, 3.63) is 10.4 Å². The van der Waals surface area contributed by atoms with Crippen molar-refractivity contribution in [2.45, 2.75) is 37.3 Å². The molecular weight excluding hydrogens is 188 g/mol. The summed E-state index contributed by atoms with van der Waals surface area (Å²) >= 11 is 1.43. The summed E-state index contributed by atoms with van der Waals surface area (Å²) < 4.78 is -0.0473. The number of carbonyl (C=O) groups excluding carboxylic acids is 1. The molecule has 0 fully saturated rings. The van der Waals surface area contributed by atoms with Crippen molar-refractivity contribution in [3.8, 4) is 0 Å². The molecule has 0 saturated carbocycles. The number of azide groups is 1. The van der Waals surface area contributed by atoms with Gasteiger partial charge in [0.15, 0.2) is 0 Å². The second-order valence-corrected chi connectivity index (χ2v) is 5.56. The molecule has 0 aliphatic carbocycles. The first-order valence-corrected chi connectivity index (χ1v) is 4.73. The van der Waals surface area contributed by atoms with Crippen LogP contribution in [0, 0.1) is 0 Å². The predicted octanol–water partition coefficient (Wildman–Crippen LogP) is 2.03. The van der Waals surface area contributed by atoms with E-state index in [4.69, 9.17) is 11.3 Å². The number of hydrogen-bond donors (Lipinski definition) is 1. The van der Waals surface area contributed by atoms with Crippen LogP contribution in [-0.2, 0) is 4.79 Å². The van der Waals surface area contributed by atoms with Crippen LogP contribution in [0.4, 0.5) is 0 Å². The molecule has 74 valence electrons. The van der Waals surface area contributed by atoms with E-state index in [0.717, 1.165) is 0 Å². The molecule has 1 amide bonds. The molecule has 2 N–H and O–H groups in total. The van der Waals surface area contributed by atoms with Gasteiger partial charge in [-0.2, -0.15) is 0 Å². The van der Waals surface area contributed by atoms with Gasteiger partial charge in [0.1, 0.15) is 0 Å². The second-order valence-electron chi connectivity index (χ2n) is 3.56. The van der Waals surface area contributed by atoms with Crippen molar-refractivity contribution in [3.63, 3.8) is 0 Å². The number of nitrogens with zero attached hydrogens (tertiary/aromatic N) is 3. The van der Waals surface area contributed by atoms with Gasteiger partial charge in [0.05, 0.1) is 5.37 Å². The van der Waals surface area contributed by atoms with Crippen molar-refractivity contribution in [1.29, 1.82) is 0 Å². The van der Waals surface area contributed by atoms with Crippen LogP contribution in [0.15, 0.2) is 5.11 Å². The SMILES string of the molecule is CC(C)(C)SC(CC(N)=O)N=[N+]=[N-]. The Kier molecular flexibility index (Phi) is 4.66. The Hall–Kier alpha value is -0.870. The van der Waals surface area contributed by atoms with E-state index in [-0.39, 0.29) is 11.2 Å². The van der Waals surface area contributed by atoms with Gasteiger partial charge in [-0.25, -0.2) is 0 Å². The lowest BCUT2D eigenvalue weighted by molar-refractivity contribution is -0.117. The monoisotopic (exact) mass is 202 g/mol. The molecule has 0 spiro atoms. The lowest BCUT2D eigenvalue weighted by atomic mass is 10.3. The van der Waals surface area contributed by atoms with E-state index in [1.54, 1.807) is 0 Å². The largest absolute Gasteiger partial charge is 0.370 e. The molecule has 0 aliphatic rings. The minimum Gasteiger partial charge on any atom is -0.370 e. The van der Waals surface area contributed by atoms with E-state index in [1.165, 1.54) is 11.8 Å². The standard InChI is InChI=1S/C7H14N4OS/c1-7(2,3)13-6(10-11-9)4-5(8)12/h6H,4H2,1-3H3,(H2,8,12). The van der Waals surface area contributed by atoms with Gasteiger partial charge in [-0.05, 0) is 5.53 Å². The van der Waals surface area contributed by atoms with Crippen molar-refractivity contribution < 1.29 is 4.79 Å². The number of thioether (sulfide) groups is 1. The summed E-state index contributed by atoms with van der Waals surface area (Å²) in [4.78, 5) is 13.3. The summed E-state index contributed by atoms with van der Waals surface area (Å²) in [5, 5.41) is 3.09. The Labute approximate surface area is 81.7 Å². The molecule has 0 heterocycles. The van der Waals surface area contributed by atoms with E-state index < -0.39 is 11.3 Å². The van der Waals surface area contributed by atoms with Gasteiger partial charge in [-0.1, -0.05) is 25.9 Å². The Balaban J connectivity index is 4.26. The summed E-state index contributed by atoms with van der Waals surface area (Å²) in [6.45, 7) is 5.95. The highest BCUT2D eigenvalue weighted by Gasteiger charge is 2.19. The van der Waals surface area contributed by atoms with Crippen molar-refractivity contribution >= 4 is 17.7 Å². The van der Waals surface area contributed by atoms with Crippen LogP contribution < -0.4 is 5.73 Å². The van der Waals surface area contributed by atoms with Gasteiger partial charge < -0.3 is 5.73 Å². The molecular formula is C7H14N4OS. The van der Waals surface area contributed by atoms with Gasteiger partial charge in [-0.15, -0.1) is 11.8 Å². The summed E-state index contributed by atoms with van der Waals surface area (Å²) in [6.07, 6.45) is 0.0893. The average Bonchev–Trinajstić information content (AvgIpc) is 1.81. The fourth-order valence-electron chi connectivity index (χ4n) is 0.744.